The minimum atomic E-state index is -0.371. The molecule has 0 bridgehead atoms. The second-order valence-corrected chi connectivity index (χ2v) is 6.30. The van der Waals surface area contributed by atoms with Gasteiger partial charge in [-0.1, -0.05) is 0 Å². The summed E-state index contributed by atoms with van der Waals surface area (Å²) < 4.78 is 11.8. The molecule has 17 heavy (non-hydrogen) atoms. The van der Waals surface area contributed by atoms with E-state index in [0.29, 0.717) is 0 Å². The Hall–Kier alpha value is -0.645. The van der Waals surface area contributed by atoms with Gasteiger partial charge in [0.2, 0.25) is 0 Å². The van der Waals surface area contributed by atoms with Gasteiger partial charge in [-0.2, -0.15) is 0 Å². The maximum absolute atomic E-state index is 11.3. The van der Waals surface area contributed by atoms with Crippen LogP contribution >= 0.6 is 11.3 Å². The predicted octanol–water partition coefficient (Wildman–Crippen LogP) is 2.25. The molecule has 2 heterocycles. The maximum Gasteiger partial charge on any atom is 0.495 e. The summed E-state index contributed by atoms with van der Waals surface area (Å²) in [5, 5.41) is 1.93. The van der Waals surface area contributed by atoms with Gasteiger partial charge in [-0.3, -0.25) is 4.79 Å². The van der Waals surface area contributed by atoms with Crippen molar-refractivity contribution in [3.05, 3.63) is 16.3 Å². The van der Waals surface area contributed by atoms with Crippen LogP contribution in [0.15, 0.2) is 11.4 Å². The number of carbonyl (C=O) groups excluding carboxylic acids is 1. The van der Waals surface area contributed by atoms with Gasteiger partial charge in [0.25, 0.3) is 0 Å². The summed E-state index contributed by atoms with van der Waals surface area (Å²) >= 11 is 1.44. The summed E-state index contributed by atoms with van der Waals surface area (Å²) in [5.41, 5.74) is 0.255. The highest BCUT2D eigenvalue weighted by atomic mass is 32.1. The number of Topliss-reactive ketones (excluding diaryl/α,β-unsaturated/α-hetero) is 1. The Bertz CT molecular complexity index is 434. The molecule has 0 atom stereocenters. The van der Waals surface area contributed by atoms with Crippen molar-refractivity contribution < 1.29 is 14.1 Å². The lowest BCUT2D eigenvalue weighted by molar-refractivity contribution is 0.00578. The van der Waals surface area contributed by atoms with E-state index in [0.717, 1.165) is 10.3 Å². The predicted molar refractivity (Wildman–Crippen MR) is 70.0 cm³/mol. The van der Waals surface area contributed by atoms with Crippen LogP contribution in [0.25, 0.3) is 0 Å². The van der Waals surface area contributed by atoms with Gasteiger partial charge in [0.15, 0.2) is 5.78 Å². The molecule has 0 saturated carbocycles. The normalized spacial score (nSPS) is 21.8. The van der Waals surface area contributed by atoms with E-state index in [9.17, 15) is 4.79 Å². The molecule has 0 spiro atoms. The average molecular weight is 252 g/mol. The van der Waals surface area contributed by atoms with Crippen molar-refractivity contribution in [3.63, 3.8) is 0 Å². The molecule has 3 nitrogen and oxygen atoms in total. The van der Waals surface area contributed by atoms with Gasteiger partial charge in [-0.15, -0.1) is 11.3 Å². The number of thiophene rings is 1. The lowest BCUT2D eigenvalue weighted by atomic mass is 9.81. The molecule has 1 fully saturated rings. The third-order valence-corrected chi connectivity index (χ3v) is 4.54. The molecule has 0 unspecified atom stereocenters. The molecule has 0 radical (unpaired) electrons. The Labute approximate surface area is 106 Å². The van der Waals surface area contributed by atoms with Crippen molar-refractivity contribution in [2.45, 2.75) is 45.8 Å². The third-order valence-electron chi connectivity index (χ3n) is 3.49. The van der Waals surface area contributed by atoms with E-state index < -0.39 is 0 Å². The number of rotatable bonds is 2. The summed E-state index contributed by atoms with van der Waals surface area (Å²) in [5.74, 6) is 0.0813. The van der Waals surface area contributed by atoms with Crippen LogP contribution in [0.1, 0.15) is 44.3 Å². The minimum Gasteiger partial charge on any atom is -0.399 e. The monoisotopic (exact) mass is 252 g/mol. The summed E-state index contributed by atoms with van der Waals surface area (Å²) in [6.45, 7) is 9.65. The first-order valence-corrected chi connectivity index (χ1v) is 6.56. The topological polar surface area (TPSA) is 35.5 Å². The van der Waals surface area contributed by atoms with Gasteiger partial charge >= 0.3 is 7.12 Å². The van der Waals surface area contributed by atoms with Crippen LogP contribution in [0.5, 0.6) is 0 Å². The molecule has 92 valence electrons. The number of carbonyl (C=O) groups is 1. The molecule has 1 aliphatic heterocycles. The second-order valence-electron chi connectivity index (χ2n) is 5.39. The van der Waals surface area contributed by atoms with Crippen molar-refractivity contribution >= 4 is 29.7 Å². The minimum absolute atomic E-state index is 0.0813. The highest BCUT2D eigenvalue weighted by Gasteiger charge is 2.51. The summed E-state index contributed by atoms with van der Waals surface area (Å²) in [7, 11) is -0.371. The van der Waals surface area contributed by atoms with Gasteiger partial charge in [-0.05, 0) is 51.5 Å². The highest BCUT2D eigenvalue weighted by molar-refractivity contribution is 7.13. The zero-order valence-electron chi connectivity index (χ0n) is 10.9. The van der Waals surface area contributed by atoms with Crippen LogP contribution in [0.2, 0.25) is 0 Å². The van der Waals surface area contributed by atoms with Crippen LogP contribution in [0.4, 0.5) is 0 Å². The molecule has 5 heteroatoms. The van der Waals surface area contributed by atoms with Gasteiger partial charge in [0, 0.05) is 0 Å². The van der Waals surface area contributed by atoms with Crippen molar-refractivity contribution in [1.29, 1.82) is 0 Å². The fraction of sp³-hybridized carbons (Fsp3) is 0.583. The van der Waals surface area contributed by atoms with Crippen LogP contribution in [0, 0.1) is 0 Å². The molecule has 1 aromatic rings. The summed E-state index contributed by atoms with van der Waals surface area (Å²) in [6.07, 6.45) is 0. The quantitative estimate of drug-likeness (QED) is 0.598. The van der Waals surface area contributed by atoms with E-state index in [1.165, 1.54) is 11.3 Å². The smallest absolute Gasteiger partial charge is 0.399 e. The van der Waals surface area contributed by atoms with E-state index in [1.807, 2.05) is 39.1 Å². The second kappa shape index (κ2) is 3.94. The first kappa shape index (κ1) is 12.8. The fourth-order valence-electron chi connectivity index (χ4n) is 1.64. The van der Waals surface area contributed by atoms with Crippen LogP contribution < -0.4 is 5.46 Å². The van der Waals surface area contributed by atoms with E-state index in [2.05, 4.69) is 0 Å². The van der Waals surface area contributed by atoms with Gasteiger partial charge in [0.1, 0.15) is 0 Å². The Kier molecular flexibility index (Phi) is 2.96. The average Bonchev–Trinajstić information content (AvgIpc) is 2.70. The lowest BCUT2D eigenvalue weighted by Gasteiger charge is -2.32. The summed E-state index contributed by atoms with van der Waals surface area (Å²) in [4.78, 5) is 12.0. The largest absolute Gasteiger partial charge is 0.495 e. The summed E-state index contributed by atoms with van der Waals surface area (Å²) in [6, 6.07) is 1.86. The SMILES string of the molecule is CC(=O)c1cc(B2OC(C)(C)C(C)(C)O2)cs1. The van der Waals surface area contributed by atoms with E-state index >= 15 is 0 Å². The third kappa shape index (κ3) is 2.19. The Morgan fingerprint density at radius 2 is 1.76 bits per heavy atom. The van der Waals surface area contributed by atoms with E-state index in [1.54, 1.807) is 6.92 Å². The van der Waals surface area contributed by atoms with Gasteiger partial charge in [0.05, 0.1) is 16.1 Å². The zero-order chi connectivity index (χ0) is 12.8. The standard InChI is InChI=1S/C12H17BO3S/c1-8(14)10-6-9(7-17-10)13-15-11(2,3)12(4,5)16-13/h6-7H,1-5H3. The van der Waals surface area contributed by atoms with Crippen molar-refractivity contribution in [2.75, 3.05) is 0 Å². The molecule has 0 aliphatic carbocycles. The van der Waals surface area contributed by atoms with Crippen molar-refractivity contribution in [2.24, 2.45) is 0 Å². The molecule has 0 amide bonds. The number of hydrogen-bond donors (Lipinski definition) is 0. The molecule has 1 aliphatic rings. The van der Waals surface area contributed by atoms with Crippen LogP contribution in [-0.4, -0.2) is 24.1 Å². The van der Waals surface area contributed by atoms with Crippen LogP contribution in [0.3, 0.4) is 0 Å². The number of hydrogen-bond acceptors (Lipinski definition) is 4. The lowest BCUT2D eigenvalue weighted by Crippen LogP contribution is -2.41. The number of ketones is 1. The maximum atomic E-state index is 11.3. The van der Waals surface area contributed by atoms with Gasteiger partial charge in [-0.25, -0.2) is 0 Å². The highest BCUT2D eigenvalue weighted by Crippen LogP contribution is 2.36. The first-order chi connectivity index (χ1) is 7.73. The molecule has 1 aromatic heterocycles. The molecular formula is C12H17BO3S. The Morgan fingerprint density at radius 3 is 2.18 bits per heavy atom. The molecular weight excluding hydrogens is 235 g/mol. The molecule has 0 aromatic carbocycles. The first-order valence-electron chi connectivity index (χ1n) is 5.68. The van der Waals surface area contributed by atoms with Crippen molar-refractivity contribution in [3.8, 4) is 0 Å². The molecule has 1 saturated heterocycles. The Morgan fingerprint density at radius 1 is 1.24 bits per heavy atom. The Balaban J connectivity index is 2.23. The van der Waals surface area contributed by atoms with E-state index in [4.69, 9.17) is 9.31 Å². The van der Waals surface area contributed by atoms with Crippen molar-refractivity contribution in [1.82, 2.24) is 0 Å². The zero-order valence-corrected chi connectivity index (χ0v) is 11.7. The van der Waals surface area contributed by atoms with Crippen LogP contribution in [-0.2, 0) is 9.31 Å². The van der Waals surface area contributed by atoms with E-state index in [-0.39, 0.29) is 24.1 Å². The molecule has 0 N–H and O–H groups in total. The molecule has 2 rings (SSSR count). The van der Waals surface area contributed by atoms with Gasteiger partial charge < -0.3 is 9.31 Å². The fourth-order valence-corrected chi connectivity index (χ4v) is 2.45.